The van der Waals surface area contributed by atoms with Crippen molar-refractivity contribution in [1.82, 2.24) is 10.3 Å². The molecule has 144 valence electrons. The second-order valence-electron chi connectivity index (χ2n) is 5.90. The van der Waals surface area contributed by atoms with Gasteiger partial charge < -0.3 is 15.8 Å². The van der Waals surface area contributed by atoms with Crippen molar-refractivity contribution in [1.29, 1.82) is 0 Å². The van der Waals surface area contributed by atoms with Crippen molar-refractivity contribution in [2.45, 2.75) is 18.4 Å². The van der Waals surface area contributed by atoms with E-state index in [1.807, 2.05) is 42.5 Å². The average molecular weight is 397 g/mol. The van der Waals surface area contributed by atoms with Crippen LogP contribution in [0.4, 0.5) is 10.2 Å². The summed E-state index contributed by atoms with van der Waals surface area (Å²) in [5, 5.41) is 2.74. The third-order valence-electron chi connectivity index (χ3n) is 3.86. The summed E-state index contributed by atoms with van der Waals surface area (Å²) >= 11 is 1.76. The molecular formula is C21H20FN3O2S. The first kappa shape index (κ1) is 19.7. The minimum atomic E-state index is -0.719. The molecule has 0 aliphatic carbocycles. The molecule has 5 nitrogen and oxygen atoms in total. The zero-order chi connectivity index (χ0) is 19.9. The van der Waals surface area contributed by atoms with Gasteiger partial charge in [0.25, 0.3) is 5.91 Å². The van der Waals surface area contributed by atoms with Gasteiger partial charge in [-0.3, -0.25) is 4.79 Å². The smallest absolute Gasteiger partial charge is 0.255 e. The van der Waals surface area contributed by atoms with Crippen LogP contribution in [0.15, 0.2) is 65.6 Å². The molecule has 1 heterocycles. The van der Waals surface area contributed by atoms with E-state index in [9.17, 15) is 9.18 Å². The number of halogens is 1. The minimum Gasteiger partial charge on any atom is -0.457 e. The molecule has 0 bridgehead atoms. The van der Waals surface area contributed by atoms with E-state index in [1.165, 1.54) is 6.07 Å². The number of nitrogens with zero attached hydrogens (tertiary/aromatic N) is 1. The highest BCUT2D eigenvalue weighted by Gasteiger charge is 2.11. The molecule has 0 fully saturated rings. The zero-order valence-corrected chi connectivity index (χ0v) is 16.1. The van der Waals surface area contributed by atoms with Gasteiger partial charge in [0.05, 0.1) is 5.56 Å². The molecule has 0 atom stereocenters. The summed E-state index contributed by atoms with van der Waals surface area (Å²) in [4.78, 5) is 16.8. The number of nitrogens with one attached hydrogen (secondary N) is 1. The van der Waals surface area contributed by atoms with E-state index in [2.05, 4.69) is 23.3 Å². The Morgan fingerprint density at radius 1 is 1.14 bits per heavy atom. The third kappa shape index (κ3) is 5.23. The maximum Gasteiger partial charge on any atom is 0.255 e. The van der Waals surface area contributed by atoms with Gasteiger partial charge in [-0.15, -0.1) is 11.8 Å². The Hall–Kier alpha value is -3.06. The lowest BCUT2D eigenvalue weighted by Gasteiger charge is -2.09. The fourth-order valence-corrected chi connectivity index (χ4v) is 3.23. The minimum absolute atomic E-state index is 0.135. The number of ether oxygens (including phenoxy) is 1. The van der Waals surface area contributed by atoms with E-state index in [1.54, 1.807) is 11.8 Å². The van der Waals surface area contributed by atoms with Crippen LogP contribution in [0, 0.1) is 5.95 Å². The standard InChI is InChI=1S/C21H20FN3O2S/c1-2-28-17-5-3-4-16(12-17)27-15-8-6-14(7-9-15)13-24-21(26)18-10-11-19(22)25-20(18)23/h3-12H,2,13H2,1H3,(H2,23,25)(H,24,26). The second-order valence-corrected chi connectivity index (χ2v) is 7.24. The summed E-state index contributed by atoms with van der Waals surface area (Å²) in [6.45, 7) is 2.41. The van der Waals surface area contributed by atoms with Crippen LogP contribution in [0.25, 0.3) is 0 Å². The lowest BCUT2D eigenvalue weighted by Crippen LogP contribution is -2.24. The number of aromatic nitrogens is 1. The first-order valence-electron chi connectivity index (χ1n) is 8.75. The highest BCUT2D eigenvalue weighted by Crippen LogP contribution is 2.26. The van der Waals surface area contributed by atoms with Crippen LogP contribution in [0.5, 0.6) is 11.5 Å². The van der Waals surface area contributed by atoms with Gasteiger partial charge in [0, 0.05) is 11.4 Å². The van der Waals surface area contributed by atoms with Crippen LogP contribution in [-0.2, 0) is 6.54 Å². The monoisotopic (exact) mass is 397 g/mol. The van der Waals surface area contributed by atoms with Crippen LogP contribution in [0.1, 0.15) is 22.8 Å². The molecule has 0 unspecified atom stereocenters. The molecule has 3 N–H and O–H groups in total. The second kappa shape index (κ2) is 9.23. The molecule has 1 aromatic heterocycles. The van der Waals surface area contributed by atoms with Gasteiger partial charge in [-0.05, 0) is 53.8 Å². The molecular weight excluding hydrogens is 377 g/mol. The quantitative estimate of drug-likeness (QED) is 0.449. The highest BCUT2D eigenvalue weighted by atomic mass is 32.2. The predicted octanol–water partition coefficient (Wildman–Crippen LogP) is 4.64. The molecule has 0 saturated carbocycles. The topological polar surface area (TPSA) is 77.2 Å². The van der Waals surface area contributed by atoms with Gasteiger partial charge in [0.1, 0.15) is 17.3 Å². The van der Waals surface area contributed by atoms with Crippen LogP contribution >= 0.6 is 11.8 Å². The van der Waals surface area contributed by atoms with Crippen molar-refractivity contribution in [2.75, 3.05) is 11.5 Å². The average Bonchev–Trinajstić information content (AvgIpc) is 2.68. The van der Waals surface area contributed by atoms with E-state index in [0.29, 0.717) is 12.3 Å². The molecule has 0 spiro atoms. The summed E-state index contributed by atoms with van der Waals surface area (Å²) in [5.74, 6) is 1.23. The van der Waals surface area contributed by atoms with Crippen LogP contribution in [-0.4, -0.2) is 16.6 Å². The number of carbonyl (C=O) groups is 1. The first-order valence-corrected chi connectivity index (χ1v) is 9.73. The lowest BCUT2D eigenvalue weighted by molar-refractivity contribution is 0.0951. The van der Waals surface area contributed by atoms with Crippen LogP contribution < -0.4 is 15.8 Å². The highest BCUT2D eigenvalue weighted by molar-refractivity contribution is 7.99. The summed E-state index contributed by atoms with van der Waals surface area (Å²) < 4.78 is 18.9. The van der Waals surface area contributed by atoms with Gasteiger partial charge in [-0.25, -0.2) is 4.98 Å². The number of hydrogen-bond donors (Lipinski definition) is 2. The van der Waals surface area contributed by atoms with Crippen molar-refractivity contribution < 1.29 is 13.9 Å². The molecule has 0 aliphatic rings. The Morgan fingerprint density at radius 3 is 2.64 bits per heavy atom. The number of nitrogens with two attached hydrogens (primary N) is 1. The van der Waals surface area contributed by atoms with E-state index in [-0.39, 0.29) is 11.4 Å². The van der Waals surface area contributed by atoms with Gasteiger partial charge in [0.2, 0.25) is 5.95 Å². The van der Waals surface area contributed by atoms with Gasteiger partial charge in [-0.1, -0.05) is 25.1 Å². The van der Waals surface area contributed by atoms with Crippen molar-refractivity contribution in [3.05, 3.63) is 77.7 Å². The Bertz CT molecular complexity index is 964. The predicted molar refractivity (Wildman–Crippen MR) is 109 cm³/mol. The van der Waals surface area contributed by atoms with Crippen molar-refractivity contribution in [3.63, 3.8) is 0 Å². The normalized spacial score (nSPS) is 10.5. The molecule has 0 saturated heterocycles. The van der Waals surface area contributed by atoms with Crippen LogP contribution in [0.2, 0.25) is 0 Å². The van der Waals surface area contributed by atoms with Crippen molar-refractivity contribution in [3.8, 4) is 11.5 Å². The SMILES string of the molecule is CCSc1cccc(Oc2ccc(CNC(=O)c3ccc(F)nc3N)cc2)c1. The molecule has 0 aliphatic heterocycles. The Kier molecular flexibility index (Phi) is 6.49. The fourth-order valence-electron chi connectivity index (χ4n) is 2.53. The van der Waals surface area contributed by atoms with E-state index >= 15 is 0 Å². The largest absolute Gasteiger partial charge is 0.457 e. The number of benzene rings is 2. The number of anilines is 1. The zero-order valence-electron chi connectivity index (χ0n) is 15.3. The van der Waals surface area contributed by atoms with Crippen molar-refractivity contribution in [2.24, 2.45) is 0 Å². The number of nitrogen functional groups attached to an aromatic ring is 1. The molecule has 1 amide bonds. The molecule has 7 heteroatoms. The molecule has 0 radical (unpaired) electrons. The number of pyridine rings is 1. The number of thioether (sulfide) groups is 1. The van der Waals surface area contributed by atoms with Crippen molar-refractivity contribution >= 4 is 23.5 Å². The third-order valence-corrected chi connectivity index (χ3v) is 4.74. The Balaban J connectivity index is 1.58. The first-order chi connectivity index (χ1) is 13.5. The fraction of sp³-hybridized carbons (Fsp3) is 0.143. The summed E-state index contributed by atoms with van der Waals surface area (Å²) in [6, 6.07) is 17.8. The van der Waals surface area contributed by atoms with Gasteiger partial charge in [-0.2, -0.15) is 4.39 Å². The molecule has 2 aromatic carbocycles. The van der Waals surface area contributed by atoms with Gasteiger partial charge in [0.15, 0.2) is 0 Å². The van der Waals surface area contributed by atoms with E-state index < -0.39 is 11.9 Å². The lowest BCUT2D eigenvalue weighted by atomic mass is 10.2. The van der Waals surface area contributed by atoms with E-state index in [4.69, 9.17) is 10.5 Å². The maximum atomic E-state index is 13.0. The Labute approximate surface area is 167 Å². The number of carbonyl (C=O) groups excluding carboxylic acids is 1. The molecule has 28 heavy (non-hydrogen) atoms. The number of rotatable bonds is 7. The number of hydrogen-bond acceptors (Lipinski definition) is 5. The van der Waals surface area contributed by atoms with Gasteiger partial charge >= 0.3 is 0 Å². The molecule has 3 aromatic rings. The van der Waals surface area contributed by atoms with E-state index in [0.717, 1.165) is 28.0 Å². The summed E-state index contributed by atoms with van der Waals surface area (Å²) in [6.07, 6.45) is 0. The summed E-state index contributed by atoms with van der Waals surface area (Å²) in [5.41, 5.74) is 6.62. The summed E-state index contributed by atoms with van der Waals surface area (Å²) in [7, 11) is 0. The maximum absolute atomic E-state index is 13.0. The Morgan fingerprint density at radius 2 is 1.93 bits per heavy atom. The van der Waals surface area contributed by atoms with Crippen LogP contribution in [0.3, 0.4) is 0 Å². The number of amides is 1. The molecule has 3 rings (SSSR count).